The first kappa shape index (κ1) is 16.9. The number of nitrogens with one attached hydrogen (secondary N) is 1. The molecule has 0 aromatic heterocycles. The third kappa shape index (κ3) is 6.88. The van der Waals surface area contributed by atoms with Crippen molar-refractivity contribution in [1.82, 2.24) is 5.09 Å². The molecule has 0 heterocycles. The summed E-state index contributed by atoms with van der Waals surface area (Å²) in [6.07, 6.45) is 2.73. The number of carboxylic acid groups (broad SMARTS) is 1. The fourth-order valence-corrected chi connectivity index (χ4v) is 3.33. The van der Waals surface area contributed by atoms with E-state index in [-0.39, 0.29) is 5.92 Å². The van der Waals surface area contributed by atoms with Crippen molar-refractivity contribution in [2.75, 3.05) is 6.16 Å². The van der Waals surface area contributed by atoms with Gasteiger partial charge in [-0.2, -0.15) is 0 Å². The normalized spacial score (nSPS) is 14.2. The summed E-state index contributed by atoms with van der Waals surface area (Å²) in [7, 11) is -2.03. The van der Waals surface area contributed by atoms with Crippen LogP contribution in [0, 0.1) is 5.92 Å². The largest absolute Gasteiger partial charge is 0.480 e. The second-order valence-electron chi connectivity index (χ2n) is 5.43. The molecule has 0 bridgehead atoms. The number of carboxylic acids is 1. The molecule has 0 radical (unpaired) electrons. The average molecular weight is 297 g/mol. The minimum absolute atomic E-state index is 0.266. The molecule has 5 heteroatoms. The predicted octanol–water partition coefficient (Wildman–Crippen LogP) is 3.18. The summed E-state index contributed by atoms with van der Waals surface area (Å²) >= 11 is 0. The van der Waals surface area contributed by atoms with E-state index in [4.69, 9.17) is 5.11 Å². The Morgan fingerprint density at radius 3 is 2.50 bits per heavy atom. The molecule has 0 fully saturated rings. The molecule has 1 rings (SSSR count). The van der Waals surface area contributed by atoms with Crippen molar-refractivity contribution in [3.63, 3.8) is 0 Å². The maximum atomic E-state index is 11.9. The molecule has 0 amide bonds. The summed E-state index contributed by atoms with van der Waals surface area (Å²) in [5.74, 6) is -0.650. The third-order valence-electron chi connectivity index (χ3n) is 3.05. The topological polar surface area (TPSA) is 66.4 Å². The van der Waals surface area contributed by atoms with Crippen molar-refractivity contribution in [3.05, 3.63) is 35.9 Å². The van der Waals surface area contributed by atoms with Crippen molar-refractivity contribution in [2.24, 2.45) is 5.92 Å². The van der Waals surface area contributed by atoms with E-state index in [0.29, 0.717) is 12.6 Å². The van der Waals surface area contributed by atoms with Gasteiger partial charge in [-0.3, -0.25) is 9.88 Å². The van der Waals surface area contributed by atoms with Crippen LogP contribution in [0.2, 0.25) is 0 Å². The zero-order chi connectivity index (χ0) is 15.0. The Labute approximate surface area is 121 Å². The lowest BCUT2D eigenvalue weighted by Crippen LogP contribution is -2.33. The highest BCUT2D eigenvalue weighted by atomic mass is 31.1. The van der Waals surface area contributed by atoms with Gasteiger partial charge in [0.2, 0.25) is 0 Å². The SMILES string of the molecule is CC(C)C[C@H](N[PH](=O)CCCc1ccccc1)C(=O)O. The summed E-state index contributed by atoms with van der Waals surface area (Å²) in [5, 5.41) is 11.9. The molecule has 0 saturated carbocycles. The summed E-state index contributed by atoms with van der Waals surface area (Å²) < 4.78 is 11.9. The molecule has 1 aromatic rings. The van der Waals surface area contributed by atoms with Gasteiger partial charge in [-0.25, -0.2) is 0 Å². The van der Waals surface area contributed by atoms with Crippen LogP contribution in [0.1, 0.15) is 32.3 Å². The zero-order valence-corrected chi connectivity index (χ0v) is 13.1. The second-order valence-corrected chi connectivity index (χ2v) is 7.06. The van der Waals surface area contributed by atoms with Gasteiger partial charge in [-0.15, -0.1) is 0 Å². The third-order valence-corrected chi connectivity index (χ3v) is 4.53. The van der Waals surface area contributed by atoms with Gasteiger partial charge >= 0.3 is 5.97 Å². The van der Waals surface area contributed by atoms with Crippen molar-refractivity contribution in [3.8, 4) is 0 Å². The first-order chi connectivity index (χ1) is 9.49. The van der Waals surface area contributed by atoms with E-state index in [1.807, 2.05) is 44.2 Å². The second kappa shape index (κ2) is 8.93. The van der Waals surface area contributed by atoms with E-state index in [1.165, 1.54) is 5.56 Å². The zero-order valence-electron chi connectivity index (χ0n) is 12.1. The van der Waals surface area contributed by atoms with Gasteiger partial charge in [0.05, 0.1) is 0 Å². The van der Waals surface area contributed by atoms with Crippen LogP contribution in [0.25, 0.3) is 0 Å². The number of aryl methyl sites for hydroxylation is 1. The van der Waals surface area contributed by atoms with Crippen molar-refractivity contribution in [2.45, 2.75) is 39.2 Å². The van der Waals surface area contributed by atoms with Crippen LogP contribution in [0.3, 0.4) is 0 Å². The molecule has 0 aliphatic heterocycles. The smallest absolute Gasteiger partial charge is 0.321 e. The van der Waals surface area contributed by atoms with E-state index in [9.17, 15) is 9.36 Å². The minimum Gasteiger partial charge on any atom is -0.480 e. The lowest BCUT2D eigenvalue weighted by atomic mass is 10.1. The lowest BCUT2D eigenvalue weighted by Gasteiger charge is -2.16. The number of carbonyl (C=O) groups is 1. The molecular weight excluding hydrogens is 273 g/mol. The summed E-state index contributed by atoms with van der Waals surface area (Å²) in [5.41, 5.74) is 1.22. The van der Waals surface area contributed by atoms with E-state index in [0.717, 1.165) is 12.8 Å². The molecule has 0 aliphatic rings. The molecule has 112 valence electrons. The number of rotatable bonds is 9. The quantitative estimate of drug-likeness (QED) is 0.687. The predicted molar refractivity (Wildman–Crippen MR) is 82.6 cm³/mol. The number of aliphatic carboxylic acids is 1. The number of hydrogen-bond acceptors (Lipinski definition) is 2. The molecule has 0 spiro atoms. The molecule has 0 saturated heterocycles. The standard InChI is InChI=1S/C15H24NO3P/c1-12(2)11-14(15(17)18)16-20(19)10-6-9-13-7-4-3-5-8-13/h3-5,7-8,12,14,20H,6,9-11H2,1-2H3,(H,16,19)(H,17,18)/t14-/m0/s1. The van der Waals surface area contributed by atoms with Crippen molar-refractivity contribution < 1.29 is 14.5 Å². The first-order valence-electron chi connectivity index (χ1n) is 7.05. The molecule has 20 heavy (non-hydrogen) atoms. The average Bonchev–Trinajstić information content (AvgIpc) is 2.38. The molecule has 4 nitrogen and oxygen atoms in total. The van der Waals surface area contributed by atoms with Crippen LogP contribution in [-0.4, -0.2) is 23.3 Å². The van der Waals surface area contributed by atoms with Gasteiger partial charge in [-0.1, -0.05) is 44.2 Å². The van der Waals surface area contributed by atoms with Crippen LogP contribution in [-0.2, 0) is 15.8 Å². The van der Waals surface area contributed by atoms with Gasteiger partial charge in [0.25, 0.3) is 0 Å². The fourth-order valence-electron chi connectivity index (χ4n) is 2.06. The van der Waals surface area contributed by atoms with Gasteiger partial charge in [-0.05, 0) is 30.7 Å². The van der Waals surface area contributed by atoms with Crippen LogP contribution >= 0.6 is 7.95 Å². The van der Waals surface area contributed by atoms with Crippen LogP contribution in [0.15, 0.2) is 30.3 Å². The highest BCUT2D eigenvalue weighted by Crippen LogP contribution is 2.20. The van der Waals surface area contributed by atoms with Crippen molar-refractivity contribution in [1.29, 1.82) is 0 Å². The van der Waals surface area contributed by atoms with Gasteiger partial charge in [0.1, 0.15) is 14.0 Å². The summed E-state index contributed by atoms with van der Waals surface area (Å²) in [6.45, 7) is 3.93. The van der Waals surface area contributed by atoms with Crippen LogP contribution in [0.5, 0.6) is 0 Å². The van der Waals surface area contributed by atoms with Crippen LogP contribution < -0.4 is 5.09 Å². The minimum atomic E-state index is -2.03. The van der Waals surface area contributed by atoms with E-state index >= 15 is 0 Å². The Morgan fingerprint density at radius 1 is 1.30 bits per heavy atom. The molecule has 1 unspecified atom stereocenters. The molecular formula is C15H24NO3P. The highest BCUT2D eigenvalue weighted by molar-refractivity contribution is 7.42. The van der Waals surface area contributed by atoms with E-state index < -0.39 is 20.0 Å². The number of hydrogen-bond donors (Lipinski definition) is 2. The summed E-state index contributed by atoms with van der Waals surface area (Å²) in [4.78, 5) is 11.1. The van der Waals surface area contributed by atoms with Crippen molar-refractivity contribution >= 4 is 13.9 Å². The first-order valence-corrected chi connectivity index (χ1v) is 8.66. The Balaban J connectivity index is 2.33. The maximum Gasteiger partial charge on any atom is 0.321 e. The molecule has 2 atom stereocenters. The molecule has 0 aliphatic carbocycles. The lowest BCUT2D eigenvalue weighted by molar-refractivity contribution is -0.139. The number of benzene rings is 1. The van der Waals surface area contributed by atoms with E-state index in [2.05, 4.69) is 5.09 Å². The fraction of sp³-hybridized carbons (Fsp3) is 0.533. The molecule has 1 aromatic carbocycles. The maximum absolute atomic E-state index is 11.9. The van der Waals surface area contributed by atoms with E-state index in [1.54, 1.807) is 0 Å². The Hall–Kier alpha value is -1.12. The Kier molecular flexibility index (Phi) is 7.56. The Bertz CT molecular complexity index is 434. The summed E-state index contributed by atoms with van der Waals surface area (Å²) in [6, 6.07) is 9.34. The molecule has 2 N–H and O–H groups in total. The van der Waals surface area contributed by atoms with Gasteiger partial charge in [0.15, 0.2) is 0 Å². The monoisotopic (exact) mass is 297 g/mol. The Morgan fingerprint density at radius 2 is 1.95 bits per heavy atom. The van der Waals surface area contributed by atoms with Crippen LogP contribution in [0.4, 0.5) is 0 Å². The highest BCUT2D eigenvalue weighted by Gasteiger charge is 2.20. The van der Waals surface area contributed by atoms with Gasteiger partial charge < -0.3 is 9.67 Å². The van der Waals surface area contributed by atoms with Gasteiger partial charge in [0, 0.05) is 6.16 Å².